The molecule has 1 rings (SSSR count). The van der Waals surface area contributed by atoms with Gasteiger partial charge in [0, 0.05) is 6.20 Å². The van der Waals surface area contributed by atoms with E-state index in [0.717, 1.165) is 16.2 Å². The first kappa shape index (κ1) is 5.31. The summed E-state index contributed by atoms with van der Waals surface area (Å²) in [5.74, 6) is 0.971. The molecule has 0 aliphatic heterocycles. The van der Waals surface area contributed by atoms with Gasteiger partial charge in [-0.15, -0.1) is 0 Å². The molecule has 0 bridgehead atoms. The molecule has 0 saturated carbocycles. The fourth-order valence-electron chi connectivity index (χ4n) is 0.511. The van der Waals surface area contributed by atoms with Crippen molar-refractivity contribution in [2.45, 2.75) is 0 Å². The molecule has 1 aromatic rings. The maximum atomic E-state index is 4.02. The van der Waals surface area contributed by atoms with Gasteiger partial charge >= 0.3 is 0 Å². The Morgan fingerprint density at radius 2 is 2.38 bits per heavy atom. The highest BCUT2D eigenvalue weighted by molar-refractivity contribution is 6.15. The van der Waals surface area contributed by atoms with Gasteiger partial charge in [-0.25, -0.2) is 4.98 Å². The topological polar surface area (TPSA) is 24.9 Å². The van der Waals surface area contributed by atoms with Crippen molar-refractivity contribution in [2.75, 3.05) is 4.98 Å². The minimum absolute atomic E-state index is 0.964. The van der Waals surface area contributed by atoms with Gasteiger partial charge in [-0.2, -0.15) is 0 Å². The molecule has 0 saturated heterocycles. The lowest BCUT2D eigenvalue weighted by molar-refractivity contribution is 1.33. The van der Waals surface area contributed by atoms with Gasteiger partial charge in [0.2, 0.25) is 0 Å². The van der Waals surface area contributed by atoms with Crippen molar-refractivity contribution in [3.05, 3.63) is 24.4 Å². The van der Waals surface area contributed by atoms with Crippen molar-refractivity contribution >= 4 is 16.2 Å². The predicted octanol–water partition coefficient (Wildman–Crippen LogP) is -0.226. The van der Waals surface area contributed by atoms with E-state index in [1.807, 2.05) is 18.2 Å². The molecular weight excluding hydrogens is 116 g/mol. The Morgan fingerprint density at radius 3 is 2.75 bits per heavy atom. The predicted molar refractivity (Wildman–Crippen MR) is 37.8 cm³/mol. The van der Waals surface area contributed by atoms with Crippen LogP contribution in [-0.2, 0) is 0 Å². The van der Waals surface area contributed by atoms with Crippen molar-refractivity contribution in [2.24, 2.45) is 0 Å². The molecule has 0 spiro atoms. The second-order valence-corrected chi connectivity index (χ2v) is 1.96. The van der Waals surface area contributed by atoms with Gasteiger partial charge in [0.25, 0.3) is 0 Å². The molecule has 0 amide bonds. The SMILES string of the molecule is [SiH3]Nc1ccccn1. The molecule has 3 heteroatoms. The number of anilines is 1. The minimum atomic E-state index is 0.964. The summed E-state index contributed by atoms with van der Waals surface area (Å²) in [5, 5.41) is 0. The number of rotatable bonds is 1. The van der Waals surface area contributed by atoms with Crippen LogP contribution in [0.2, 0.25) is 0 Å². The Balaban J connectivity index is 2.83. The number of pyridine rings is 1. The van der Waals surface area contributed by atoms with Crippen molar-refractivity contribution in [1.82, 2.24) is 4.98 Å². The van der Waals surface area contributed by atoms with Crippen LogP contribution in [0, 0.1) is 0 Å². The Bertz CT molecular complexity index is 152. The molecule has 0 unspecified atom stereocenters. The largest absolute Gasteiger partial charge is 0.404 e. The van der Waals surface area contributed by atoms with Crippen LogP contribution >= 0.6 is 0 Å². The number of hydrogen-bond donors (Lipinski definition) is 1. The normalized spacial score (nSPS) is 9.00. The highest BCUT2D eigenvalue weighted by Crippen LogP contribution is 1.95. The first-order valence-electron chi connectivity index (χ1n) is 2.52. The van der Waals surface area contributed by atoms with E-state index in [1.54, 1.807) is 6.20 Å². The summed E-state index contributed by atoms with van der Waals surface area (Å²) < 4.78 is 0. The first-order chi connectivity index (χ1) is 3.93. The number of nitrogens with zero attached hydrogens (tertiary/aromatic N) is 1. The summed E-state index contributed by atoms with van der Waals surface area (Å²) in [6.45, 7) is 0. The fourth-order valence-corrected chi connectivity index (χ4v) is 0.806. The maximum absolute atomic E-state index is 4.02. The van der Waals surface area contributed by atoms with Crippen LogP contribution in [0.15, 0.2) is 24.4 Å². The summed E-state index contributed by atoms with van der Waals surface area (Å²) in [7, 11) is 0.964. The van der Waals surface area contributed by atoms with Crippen molar-refractivity contribution in [1.29, 1.82) is 0 Å². The Labute approximate surface area is 51.5 Å². The average Bonchev–Trinajstić information content (AvgIpc) is 1.90. The third-order valence-electron chi connectivity index (χ3n) is 0.921. The summed E-state index contributed by atoms with van der Waals surface area (Å²) in [5.41, 5.74) is 0. The van der Waals surface area contributed by atoms with Crippen LogP contribution < -0.4 is 4.98 Å². The van der Waals surface area contributed by atoms with E-state index < -0.39 is 0 Å². The van der Waals surface area contributed by atoms with E-state index in [0.29, 0.717) is 0 Å². The van der Waals surface area contributed by atoms with E-state index in [2.05, 4.69) is 9.97 Å². The lowest BCUT2D eigenvalue weighted by Gasteiger charge is -1.93. The highest BCUT2D eigenvalue weighted by Gasteiger charge is 1.79. The molecular formula is C5H8N2Si. The van der Waals surface area contributed by atoms with Gasteiger partial charge in [-0.1, -0.05) is 6.07 Å². The standard InChI is InChI=1S/C5H8N2Si/c8-7-5-3-1-2-4-6-5/h1-4H,8H3,(H,6,7). The Kier molecular flexibility index (Phi) is 1.64. The van der Waals surface area contributed by atoms with Crippen LogP contribution in [0.5, 0.6) is 0 Å². The zero-order chi connectivity index (χ0) is 5.82. The second kappa shape index (κ2) is 2.47. The Morgan fingerprint density at radius 1 is 1.50 bits per heavy atom. The zero-order valence-electron chi connectivity index (χ0n) is 4.76. The summed E-state index contributed by atoms with van der Waals surface area (Å²) in [6, 6.07) is 5.82. The molecule has 0 fully saturated rings. The molecule has 1 aromatic heterocycles. The molecule has 2 nitrogen and oxygen atoms in total. The molecule has 0 aliphatic rings. The first-order valence-corrected chi connectivity index (χ1v) is 3.52. The Hall–Kier alpha value is -0.833. The van der Waals surface area contributed by atoms with Crippen molar-refractivity contribution in [3.8, 4) is 0 Å². The van der Waals surface area contributed by atoms with Crippen LogP contribution in [0.1, 0.15) is 0 Å². The maximum Gasteiger partial charge on any atom is 0.117 e. The van der Waals surface area contributed by atoms with Crippen LogP contribution in [0.25, 0.3) is 0 Å². The van der Waals surface area contributed by atoms with Gasteiger partial charge in [-0.3, -0.25) is 0 Å². The smallest absolute Gasteiger partial charge is 0.117 e. The van der Waals surface area contributed by atoms with Crippen molar-refractivity contribution < 1.29 is 0 Å². The van der Waals surface area contributed by atoms with Gasteiger partial charge < -0.3 is 4.98 Å². The van der Waals surface area contributed by atoms with Crippen LogP contribution in [-0.4, -0.2) is 15.4 Å². The molecule has 42 valence electrons. The third-order valence-corrected chi connectivity index (χ3v) is 1.43. The number of nitrogens with one attached hydrogen (secondary N) is 1. The number of aromatic nitrogens is 1. The van der Waals surface area contributed by atoms with Gasteiger partial charge in [0.15, 0.2) is 0 Å². The van der Waals surface area contributed by atoms with E-state index in [9.17, 15) is 0 Å². The lowest BCUT2D eigenvalue weighted by Crippen LogP contribution is -1.91. The molecule has 0 aliphatic carbocycles. The second-order valence-electron chi connectivity index (χ2n) is 1.46. The third kappa shape index (κ3) is 1.07. The summed E-state index contributed by atoms with van der Waals surface area (Å²) in [4.78, 5) is 7.08. The van der Waals surface area contributed by atoms with Gasteiger partial charge in [0.1, 0.15) is 16.2 Å². The monoisotopic (exact) mass is 124 g/mol. The lowest BCUT2D eigenvalue weighted by atomic mass is 10.5. The van der Waals surface area contributed by atoms with Crippen LogP contribution in [0.4, 0.5) is 5.82 Å². The fraction of sp³-hybridized carbons (Fsp3) is 0. The minimum Gasteiger partial charge on any atom is -0.404 e. The molecule has 1 N–H and O–H groups in total. The number of hydrogen-bond acceptors (Lipinski definition) is 2. The van der Waals surface area contributed by atoms with E-state index in [-0.39, 0.29) is 0 Å². The van der Waals surface area contributed by atoms with E-state index >= 15 is 0 Å². The van der Waals surface area contributed by atoms with Crippen molar-refractivity contribution in [3.63, 3.8) is 0 Å². The quantitative estimate of drug-likeness (QED) is 0.523. The zero-order valence-corrected chi connectivity index (χ0v) is 6.76. The molecule has 0 atom stereocenters. The molecule has 1 heterocycles. The van der Waals surface area contributed by atoms with E-state index in [4.69, 9.17) is 0 Å². The summed E-state index contributed by atoms with van der Waals surface area (Å²) >= 11 is 0. The molecule has 0 aromatic carbocycles. The average molecular weight is 124 g/mol. The van der Waals surface area contributed by atoms with E-state index in [1.165, 1.54) is 0 Å². The summed E-state index contributed by atoms with van der Waals surface area (Å²) in [6.07, 6.45) is 1.78. The molecule has 0 radical (unpaired) electrons. The van der Waals surface area contributed by atoms with Crippen LogP contribution in [0.3, 0.4) is 0 Å². The molecule has 8 heavy (non-hydrogen) atoms. The highest BCUT2D eigenvalue weighted by atomic mass is 28.2. The van der Waals surface area contributed by atoms with Gasteiger partial charge in [-0.05, 0) is 12.1 Å². The van der Waals surface area contributed by atoms with Gasteiger partial charge in [0.05, 0.1) is 0 Å².